The summed E-state index contributed by atoms with van der Waals surface area (Å²) >= 11 is 8.55. The Kier molecular flexibility index (Phi) is 8.78. The molecule has 2 aromatic rings. The van der Waals surface area contributed by atoms with Crippen LogP contribution in [0, 0.1) is 0 Å². The second-order valence-electron chi connectivity index (χ2n) is 10.3. The zero-order valence-corrected chi connectivity index (χ0v) is 24.7. The Hall–Kier alpha value is -1.54. The van der Waals surface area contributed by atoms with Crippen molar-refractivity contribution in [2.75, 3.05) is 59.4 Å². The van der Waals surface area contributed by atoms with E-state index in [1.807, 2.05) is 11.0 Å². The zero-order valence-electron chi connectivity index (χ0n) is 21.5. The summed E-state index contributed by atoms with van der Waals surface area (Å²) in [5.41, 5.74) is 0. The first kappa shape index (κ1) is 28.0. The maximum atomic E-state index is 13.3. The highest BCUT2D eigenvalue weighted by Crippen LogP contribution is 2.37. The van der Waals surface area contributed by atoms with E-state index in [1.165, 1.54) is 16.2 Å². The molecule has 0 aromatic carbocycles. The lowest BCUT2D eigenvalue weighted by Gasteiger charge is -2.37. The Morgan fingerprint density at radius 3 is 2.45 bits per heavy atom. The van der Waals surface area contributed by atoms with Crippen LogP contribution in [0.3, 0.4) is 0 Å². The Bertz CT molecular complexity index is 1260. The maximum absolute atomic E-state index is 13.3. The minimum absolute atomic E-state index is 0.00140. The van der Waals surface area contributed by atoms with Crippen LogP contribution in [0.25, 0.3) is 9.75 Å². The maximum Gasteiger partial charge on any atom is 0.250 e. The predicted octanol–water partition coefficient (Wildman–Crippen LogP) is 2.64. The van der Waals surface area contributed by atoms with Gasteiger partial charge in [0, 0.05) is 61.6 Å². The fourth-order valence-electron chi connectivity index (χ4n) is 5.43. The minimum atomic E-state index is -3.88. The number of sulfonamides is 1. The third-order valence-electron chi connectivity index (χ3n) is 7.58. The van der Waals surface area contributed by atoms with Crippen LogP contribution in [-0.2, 0) is 19.6 Å². The molecule has 1 N–H and O–H groups in total. The van der Waals surface area contributed by atoms with E-state index in [1.54, 1.807) is 18.2 Å². The van der Waals surface area contributed by atoms with Crippen molar-refractivity contribution in [3.8, 4) is 9.75 Å². The smallest absolute Gasteiger partial charge is 0.250 e. The van der Waals surface area contributed by atoms with Gasteiger partial charge in [0.2, 0.25) is 11.8 Å². The lowest BCUT2D eigenvalue weighted by Crippen LogP contribution is -2.55. The third-order valence-corrected chi connectivity index (χ3v) is 12.1. The first-order valence-corrected chi connectivity index (χ1v) is 16.6. The van der Waals surface area contributed by atoms with Crippen molar-refractivity contribution in [1.29, 1.82) is 0 Å². The second-order valence-corrected chi connectivity index (χ2v) is 15.0. The van der Waals surface area contributed by atoms with Crippen LogP contribution in [0.5, 0.6) is 0 Å². The van der Waals surface area contributed by atoms with Crippen molar-refractivity contribution >= 4 is 56.1 Å². The third kappa shape index (κ3) is 6.43. The van der Waals surface area contributed by atoms with Crippen molar-refractivity contribution < 1.29 is 18.0 Å². The molecule has 38 heavy (non-hydrogen) atoms. The first-order chi connectivity index (χ1) is 18.2. The Morgan fingerprint density at radius 2 is 1.71 bits per heavy atom. The Labute approximate surface area is 237 Å². The molecule has 3 saturated heterocycles. The number of carbonyl (C=O) groups excluding carboxylic acids is 2. The van der Waals surface area contributed by atoms with E-state index in [0.717, 1.165) is 66.7 Å². The Morgan fingerprint density at radius 1 is 1.00 bits per heavy atom. The van der Waals surface area contributed by atoms with Crippen molar-refractivity contribution in [3.05, 3.63) is 28.6 Å². The fourth-order valence-corrected chi connectivity index (χ4v) is 9.11. The summed E-state index contributed by atoms with van der Waals surface area (Å²) in [6.45, 7) is 6.13. The lowest BCUT2D eigenvalue weighted by atomic mass is 10.1. The SMILES string of the molecule is CN1CCN(CC2CCCN2C(=O)CN2CCCC(NS(=O)(=O)c3ccc(-c4ccc(Cl)s4)s3)C2=O)CC1. The summed E-state index contributed by atoms with van der Waals surface area (Å²) < 4.78 is 29.6. The molecule has 2 amide bonds. The van der Waals surface area contributed by atoms with Gasteiger partial charge >= 0.3 is 0 Å². The van der Waals surface area contributed by atoms with Crippen molar-refractivity contribution in [2.45, 2.75) is 42.0 Å². The van der Waals surface area contributed by atoms with Crippen molar-refractivity contribution in [1.82, 2.24) is 24.3 Å². The van der Waals surface area contributed by atoms with Crippen LogP contribution in [0.4, 0.5) is 0 Å². The number of rotatable bonds is 8. The largest absolute Gasteiger partial charge is 0.337 e. The molecule has 0 spiro atoms. The van der Waals surface area contributed by atoms with E-state index in [-0.39, 0.29) is 28.6 Å². The van der Waals surface area contributed by atoms with E-state index in [0.29, 0.717) is 30.3 Å². The summed E-state index contributed by atoms with van der Waals surface area (Å²) in [5.74, 6) is -0.374. The van der Waals surface area contributed by atoms with E-state index in [9.17, 15) is 18.0 Å². The summed E-state index contributed by atoms with van der Waals surface area (Å²) in [6.07, 6.45) is 3.01. The van der Waals surface area contributed by atoms with Crippen LogP contribution in [0.1, 0.15) is 25.7 Å². The van der Waals surface area contributed by atoms with Gasteiger partial charge in [-0.05, 0) is 57.0 Å². The number of piperazine rings is 1. The van der Waals surface area contributed by atoms with Crippen LogP contribution >= 0.6 is 34.3 Å². The quantitative estimate of drug-likeness (QED) is 0.502. The first-order valence-electron chi connectivity index (χ1n) is 13.1. The molecule has 0 aliphatic carbocycles. The summed E-state index contributed by atoms with van der Waals surface area (Å²) in [4.78, 5) is 36.4. The number of thiophene rings is 2. The lowest BCUT2D eigenvalue weighted by molar-refractivity contribution is -0.143. The number of likely N-dealkylation sites (tertiary alicyclic amines) is 2. The number of hydrogen-bond acceptors (Lipinski definition) is 8. The average molecular weight is 600 g/mol. The fraction of sp³-hybridized carbons (Fsp3) is 0.600. The van der Waals surface area contributed by atoms with Gasteiger partial charge in [-0.25, -0.2) is 8.42 Å². The zero-order chi connectivity index (χ0) is 26.9. The Balaban J connectivity index is 1.18. The van der Waals surface area contributed by atoms with Crippen LogP contribution in [0.15, 0.2) is 28.5 Å². The summed E-state index contributed by atoms with van der Waals surface area (Å²) in [6, 6.07) is 6.25. The van der Waals surface area contributed by atoms with Crippen LogP contribution in [0.2, 0.25) is 4.34 Å². The number of halogens is 1. The number of hydrogen-bond donors (Lipinski definition) is 1. The molecule has 9 nitrogen and oxygen atoms in total. The normalized spacial score (nSPS) is 23.9. The number of nitrogens with zero attached hydrogens (tertiary/aromatic N) is 4. The molecule has 3 aliphatic heterocycles. The van der Waals surface area contributed by atoms with Crippen LogP contribution in [-0.4, -0.2) is 111 Å². The molecule has 5 heterocycles. The highest BCUT2D eigenvalue weighted by molar-refractivity contribution is 7.91. The van der Waals surface area contributed by atoms with Gasteiger partial charge in [-0.15, -0.1) is 22.7 Å². The average Bonchev–Trinajstić information content (AvgIpc) is 3.64. The number of carbonyl (C=O) groups is 2. The van der Waals surface area contributed by atoms with Gasteiger partial charge < -0.3 is 14.7 Å². The van der Waals surface area contributed by atoms with Gasteiger partial charge in [-0.3, -0.25) is 14.5 Å². The van der Waals surface area contributed by atoms with Gasteiger partial charge in [-0.1, -0.05) is 11.6 Å². The molecule has 0 saturated carbocycles. The van der Waals surface area contributed by atoms with Crippen molar-refractivity contribution in [2.24, 2.45) is 0 Å². The number of amides is 2. The molecule has 208 valence electrons. The molecular formula is C25H34ClN5O4S3. The highest BCUT2D eigenvalue weighted by atomic mass is 35.5. The van der Waals surface area contributed by atoms with Crippen molar-refractivity contribution in [3.63, 3.8) is 0 Å². The number of likely N-dealkylation sites (N-methyl/N-ethyl adjacent to an activating group) is 1. The van der Waals surface area contributed by atoms with E-state index in [4.69, 9.17) is 11.6 Å². The molecular weight excluding hydrogens is 566 g/mol. The van der Waals surface area contributed by atoms with E-state index < -0.39 is 16.1 Å². The molecule has 3 fully saturated rings. The predicted molar refractivity (Wildman–Crippen MR) is 151 cm³/mol. The van der Waals surface area contributed by atoms with Gasteiger partial charge in [0.15, 0.2) is 0 Å². The van der Waals surface area contributed by atoms with Gasteiger partial charge in [0.1, 0.15) is 10.3 Å². The molecule has 0 bridgehead atoms. The standard InChI is InChI=1S/C25H34ClN5O4S3/c1-28-12-14-29(15-13-28)16-18-4-2-11-31(18)23(32)17-30-10-3-5-19(25(30)33)27-38(34,35)24-9-7-21(37-24)20-6-8-22(26)36-20/h6-9,18-19,27H,2-5,10-17H2,1H3. The van der Waals surface area contributed by atoms with E-state index >= 15 is 0 Å². The molecule has 0 radical (unpaired) electrons. The molecule has 2 unspecified atom stereocenters. The van der Waals surface area contributed by atoms with E-state index in [2.05, 4.69) is 21.6 Å². The van der Waals surface area contributed by atoms with Gasteiger partial charge in [0.05, 0.1) is 10.9 Å². The number of piperidine rings is 1. The monoisotopic (exact) mass is 599 g/mol. The molecule has 13 heteroatoms. The van der Waals surface area contributed by atoms with Crippen LogP contribution < -0.4 is 4.72 Å². The summed E-state index contributed by atoms with van der Waals surface area (Å²) in [7, 11) is -1.75. The molecule has 2 atom stereocenters. The molecule has 2 aromatic heterocycles. The van der Waals surface area contributed by atoms with Gasteiger partial charge in [-0.2, -0.15) is 4.72 Å². The van der Waals surface area contributed by atoms with Gasteiger partial charge in [0.25, 0.3) is 10.0 Å². The molecule has 3 aliphatic rings. The number of nitrogens with one attached hydrogen (secondary N) is 1. The molecule has 5 rings (SSSR count). The highest BCUT2D eigenvalue weighted by Gasteiger charge is 2.36. The minimum Gasteiger partial charge on any atom is -0.337 e. The topological polar surface area (TPSA) is 93.3 Å². The summed E-state index contributed by atoms with van der Waals surface area (Å²) in [5, 5.41) is 0. The second kappa shape index (κ2) is 11.9.